The van der Waals surface area contributed by atoms with Gasteiger partial charge in [-0.2, -0.15) is 0 Å². The topological polar surface area (TPSA) is 24.9 Å². The van der Waals surface area contributed by atoms with Crippen LogP contribution in [0.5, 0.6) is 0 Å². The van der Waals surface area contributed by atoms with E-state index in [1.165, 1.54) is 5.56 Å². The van der Waals surface area contributed by atoms with Crippen LogP contribution in [0.15, 0.2) is 48.8 Å². The molecule has 0 fully saturated rings. The number of hydrogen-bond donors (Lipinski definition) is 1. The molecule has 1 aliphatic rings. The molecule has 1 aliphatic carbocycles. The molecule has 2 aromatic rings. The average molecular weight is 286 g/mol. The number of rotatable bonds is 2. The first-order valence-corrected chi connectivity index (χ1v) is 7.33. The number of anilines is 1. The summed E-state index contributed by atoms with van der Waals surface area (Å²) >= 11 is 0. The van der Waals surface area contributed by atoms with Gasteiger partial charge in [-0.3, -0.25) is 4.98 Å². The Morgan fingerprint density at radius 3 is 2.86 bits per heavy atom. The molecule has 22 heavy (non-hydrogen) atoms. The zero-order valence-electron chi connectivity index (χ0n) is 12.9. The van der Waals surface area contributed by atoms with Gasteiger partial charge >= 0.3 is 0 Å². The Bertz CT molecular complexity index is 833. The lowest BCUT2D eigenvalue weighted by Gasteiger charge is -2.08. The highest BCUT2D eigenvalue weighted by Crippen LogP contribution is 2.21. The molecule has 0 saturated heterocycles. The van der Waals surface area contributed by atoms with Crippen LogP contribution in [0.1, 0.15) is 34.9 Å². The van der Waals surface area contributed by atoms with E-state index in [1.54, 1.807) is 0 Å². The van der Waals surface area contributed by atoms with Crippen LogP contribution < -0.4 is 5.32 Å². The second-order valence-electron chi connectivity index (χ2n) is 5.53. The molecule has 2 nitrogen and oxygen atoms in total. The van der Waals surface area contributed by atoms with Crippen molar-refractivity contribution in [2.24, 2.45) is 0 Å². The molecule has 108 valence electrons. The van der Waals surface area contributed by atoms with Crippen LogP contribution in [-0.2, 0) is 6.42 Å². The van der Waals surface area contributed by atoms with Crippen molar-refractivity contribution >= 4 is 11.8 Å². The van der Waals surface area contributed by atoms with E-state index in [9.17, 15) is 0 Å². The van der Waals surface area contributed by atoms with Crippen molar-refractivity contribution in [2.75, 3.05) is 5.32 Å². The summed E-state index contributed by atoms with van der Waals surface area (Å²) in [5, 5.41) is 3.27. The smallest absolute Gasteiger partial charge is 0.0541 e. The maximum absolute atomic E-state index is 4.39. The first kappa shape index (κ1) is 14.2. The molecular weight excluding hydrogens is 268 g/mol. The number of benzene rings is 1. The van der Waals surface area contributed by atoms with Gasteiger partial charge in [-0.25, -0.2) is 0 Å². The zero-order valence-corrected chi connectivity index (χ0v) is 12.9. The predicted molar refractivity (Wildman–Crippen MR) is 92.6 cm³/mol. The van der Waals surface area contributed by atoms with Crippen LogP contribution in [0, 0.1) is 18.8 Å². The van der Waals surface area contributed by atoms with E-state index >= 15 is 0 Å². The molecule has 1 aromatic carbocycles. The van der Waals surface area contributed by atoms with E-state index < -0.39 is 0 Å². The second kappa shape index (κ2) is 5.91. The molecule has 1 aromatic heterocycles. The van der Waals surface area contributed by atoms with E-state index in [1.807, 2.05) is 25.3 Å². The number of hydrogen-bond acceptors (Lipinski definition) is 2. The quantitative estimate of drug-likeness (QED) is 0.832. The standard InChI is InChI=1S/C20H18N2/c1-14(2)22-19-10-7-15(3)13-17(19)9-8-16-11-12-21-20-6-4-5-18(16)20/h4-5,7,10-13,22H,1,6H2,2-3H3. The van der Waals surface area contributed by atoms with Gasteiger partial charge in [-0.15, -0.1) is 0 Å². The molecule has 2 heteroatoms. The Morgan fingerprint density at radius 1 is 1.23 bits per heavy atom. The van der Waals surface area contributed by atoms with Crippen LogP contribution in [0.3, 0.4) is 0 Å². The first-order chi connectivity index (χ1) is 10.6. The average Bonchev–Trinajstić information content (AvgIpc) is 2.96. The lowest BCUT2D eigenvalue weighted by Crippen LogP contribution is -1.97. The number of fused-ring (bicyclic) bond motifs is 1. The number of nitrogens with one attached hydrogen (secondary N) is 1. The third kappa shape index (κ3) is 2.94. The van der Waals surface area contributed by atoms with Crippen molar-refractivity contribution in [1.29, 1.82) is 0 Å². The molecule has 0 amide bonds. The van der Waals surface area contributed by atoms with Gasteiger partial charge in [-0.1, -0.05) is 36.6 Å². The minimum atomic E-state index is 0.901. The van der Waals surface area contributed by atoms with E-state index in [2.05, 4.69) is 59.9 Å². The SMILES string of the molecule is C=C(C)Nc1ccc(C)cc1C#Cc1ccnc2c1C=CC2. The van der Waals surface area contributed by atoms with Crippen molar-refractivity contribution in [3.05, 3.63) is 76.8 Å². The summed E-state index contributed by atoms with van der Waals surface area (Å²) < 4.78 is 0. The minimum absolute atomic E-state index is 0.901. The van der Waals surface area contributed by atoms with Crippen molar-refractivity contribution in [1.82, 2.24) is 4.98 Å². The Kier molecular flexibility index (Phi) is 3.80. The molecule has 0 saturated carbocycles. The molecule has 0 spiro atoms. The summed E-state index contributed by atoms with van der Waals surface area (Å²) in [5.41, 5.74) is 7.35. The third-order valence-electron chi connectivity index (χ3n) is 3.52. The predicted octanol–water partition coefficient (Wildman–Crippen LogP) is 4.30. The number of nitrogens with zero attached hydrogens (tertiary/aromatic N) is 1. The van der Waals surface area contributed by atoms with E-state index in [0.717, 1.165) is 40.2 Å². The molecule has 1 heterocycles. The number of aromatic nitrogens is 1. The zero-order chi connectivity index (χ0) is 15.5. The second-order valence-corrected chi connectivity index (χ2v) is 5.53. The Balaban J connectivity index is 2.01. The van der Waals surface area contributed by atoms with Gasteiger partial charge in [0, 0.05) is 35.0 Å². The summed E-state index contributed by atoms with van der Waals surface area (Å²) in [6.45, 7) is 7.92. The Hall–Kier alpha value is -2.79. The van der Waals surface area contributed by atoms with Gasteiger partial charge in [0.15, 0.2) is 0 Å². The van der Waals surface area contributed by atoms with Crippen LogP contribution in [0.2, 0.25) is 0 Å². The molecule has 0 aliphatic heterocycles. The van der Waals surface area contributed by atoms with Gasteiger partial charge in [0.2, 0.25) is 0 Å². The highest BCUT2D eigenvalue weighted by molar-refractivity contribution is 5.68. The van der Waals surface area contributed by atoms with Gasteiger partial charge in [0.25, 0.3) is 0 Å². The first-order valence-electron chi connectivity index (χ1n) is 7.33. The summed E-state index contributed by atoms with van der Waals surface area (Å²) in [7, 11) is 0. The summed E-state index contributed by atoms with van der Waals surface area (Å²) in [4.78, 5) is 4.39. The van der Waals surface area contributed by atoms with Crippen molar-refractivity contribution in [2.45, 2.75) is 20.3 Å². The fourth-order valence-electron chi connectivity index (χ4n) is 2.50. The number of pyridine rings is 1. The van der Waals surface area contributed by atoms with Crippen molar-refractivity contribution < 1.29 is 0 Å². The maximum atomic E-state index is 4.39. The molecule has 0 bridgehead atoms. The monoisotopic (exact) mass is 286 g/mol. The normalized spacial score (nSPS) is 11.5. The van der Waals surface area contributed by atoms with E-state index in [0.29, 0.717) is 0 Å². The van der Waals surface area contributed by atoms with Crippen LogP contribution >= 0.6 is 0 Å². The summed E-state index contributed by atoms with van der Waals surface area (Å²) in [6.07, 6.45) is 6.97. The van der Waals surface area contributed by atoms with Gasteiger partial charge in [0.05, 0.1) is 11.4 Å². The maximum Gasteiger partial charge on any atom is 0.0541 e. The molecule has 0 atom stereocenters. The molecule has 1 N–H and O–H groups in total. The molecule has 0 radical (unpaired) electrons. The lowest BCUT2D eigenvalue weighted by atomic mass is 10.1. The van der Waals surface area contributed by atoms with E-state index in [4.69, 9.17) is 0 Å². The van der Waals surface area contributed by atoms with Crippen molar-refractivity contribution in [3.63, 3.8) is 0 Å². The molecular formula is C20H18N2. The number of aryl methyl sites for hydroxylation is 1. The molecule has 3 rings (SSSR count). The van der Waals surface area contributed by atoms with Gasteiger partial charge in [-0.05, 0) is 37.6 Å². The fraction of sp³-hybridized carbons (Fsp3) is 0.150. The lowest BCUT2D eigenvalue weighted by molar-refractivity contribution is 1.12. The largest absolute Gasteiger partial charge is 0.359 e. The number of allylic oxidation sites excluding steroid dienone is 2. The Morgan fingerprint density at radius 2 is 2.05 bits per heavy atom. The molecule has 0 unspecified atom stereocenters. The van der Waals surface area contributed by atoms with Crippen molar-refractivity contribution in [3.8, 4) is 11.8 Å². The minimum Gasteiger partial charge on any atom is -0.359 e. The third-order valence-corrected chi connectivity index (χ3v) is 3.52. The summed E-state index contributed by atoms with van der Waals surface area (Å²) in [6, 6.07) is 8.19. The van der Waals surface area contributed by atoms with Crippen LogP contribution in [0.25, 0.3) is 6.08 Å². The fourth-order valence-corrected chi connectivity index (χ4v) is 2.50. The summed E-state index contributed by atoms with van der Waals surface area (Å²) in [5.74, 6) is 6.58. The highest BCUT2D eigenvalue weighted by atomic mass is 14.9. The van der Waals surface area contributed by atoms with Gasteiger partial charge in [0.1, 0.15) is 0 Å². The highest BCUT2D eigenvalue weighted by Gasteiger charge is 2.09. The van der Waals surface area contributed by atoms with E-state index in [-0.39, 0.29) is 0 Å². The van der Waals surface area contributed by atoms with Gasteiger partial charge < -0.3 is 5.32 Å². The van der Waals surface area contributed by atoms with Crippen LogP contribution in [0.4, 0.5) is 5.69 Å². The Labute approximate surface area is 131 Å². The van der Waals surface area contributed by atoms with Crippen LogP contribution in [-0.4, -0.2) is 4.98 Å².